The third-order valence-electron chi connectivity index (χ3n) is 3.93. The first-order chi connectivity index (χ1) is 12.3. The van der Waals surface area contributed by atoms with Gasteiger partial charge >= 0.3 is 0 Å². The van der Waals surface area contributed by atoms with Crippen LogP contribution in [-0.4, -0.2) is 32.0 Å². The molecule has 2 aromatic carbocycles. The van der Waals surface area contributed by atoms with Crippen LogP contribution >= 0.6 is 11.6 Å². The predicted molar refractivity (Wildman–Crippen MR) is 98.6 cm³/mol. The van der Waals surface area contributed by atoms with Gasteiger partial charge in [0.2, 0.25) is 5.91 Å². The number of carbonyl (C=O) groups excluding carboxylic acids is 2. The molecule has 0 radical (unpaired) electrons. The number of likely N-dealkylation sites (N-methyl/N-ethyl adjacent to an activating group) is 1. The van der Waals surface area contributed by atoms with Gasteiger partial charge in [0, 0.05) is 18.8 Å². The normalized spacial score (nSPS) is 12.7. The highest BCUT2D eigenvalue weighted by Gasteiger charge is 2.20. The Bertz CT molecular complexity index is 888. The molecule has 136 valence electrons. The minimum absolute atomic E-state index is 0.000358. The first kappa shape index (κ1) is 18.0. The molecule has 26 heavy (non-hydrogen) atoms. The fourth-order valence-electron chi connectivity index (χ4n) is 2.55. The molecule has 2 amide bonds. The van der Waals surface area contributed by atoms with Crippen molar-refractivity contribution in [2.24, 2.45) is 0 Å². The van der Waals surface area contributed by atoms with Gasteiger partial charge in [-0.15, -0.1) is 0 Å². The number of fused-ring (bicyclic) bond motifs is 1. The predicted octanol–water partition coefficient (Wildman–Crippen LogP) is 3.19. The number of nitrogens with one attached hydrogen (secondary N) is 2. The van der Waals surface area contributed by atoms with Crippen molar-refractivity contribution in [3.63, 3.8) is 0 Å². The van der Waals surface area contributed by atoms with Gasteiger partial charge in [-0.2, -0.15) is 0 Å². The van der Waals surface area contributed by atoms with E-state index in [9.17, 15) is 14.0 Å². The van der Waals surface area contributed by atoms with Crippen LogP contribution < -0.4 is 20.3 Å². The molecular weight excluding hydrogens is 361 g/mol. The summed E-state index contributed by atoms with van der Waals surface area (Å²) in [4.78, 5) is 25.2. The Labute approximate surface area is 154 Å². The molecule has 2 aromatic rings. The van der Waals surface area contributed by atoms with Gasteiger partial charge in [-0.3, -0.25) is 9.59 Å². The van der Waals surface area contributed by atoms with Gasteiger partial charge in [-0.25, -0.2) is 4.39 Å². The van der Waals surface area contributed by atoms with E-state index in [0.29, 0.717) is 33.4 Å². The van der Waals surface area contributed by atoms with Crippen molar-refractivity contribution in [2.75, 3.05) is 35.7 Å². The number of aryl methyl sites for hydroxylation is 1. The maximum Gasteiger partial charge on any atom is 0.262 e. The number of hydrogen-bond acceptors (Lipinski definition) is 4. The highest BCUT2D eigenvalue weighted by Crippen LogP contribution is 2.37. The maximum absolute atomic E-state index is 13.6. The average Bonchev–Trinajstić information content (AvgIpc) is 2.57. The van der Waals surface area contributed by atoms with E-state index in [1.54, 1.807) is 43.1 Å². The summed E-state index contributed by atoms with van der Waals surface area (Å²) in [6, 6.07) is 7.75. The zero-order valence-electron chi connectivity index (χ0n) is 14.2. The Morgan fingerprint density at radius 3 is 2.88 bits per heavy atom. The smallest absolute Gasteiger partial charge is 0.262 e. The summed E-state index contributed by atoms with van der Waals surface area (Å²) in [5.74, 6) is -0.469. The van der Waals surface area contributed by atoms with Crippen molar-refractivity contribution in [3.05, 3.63) is 46.7 Å². The molecule has 0 fully saturated rings. The summed E-state index contributed by atoms with van der Waals surface area (Å²) >= 11 is 6.26. The Balaban J connectivity index is 1.71. The van der Waals surface area contributed by atoms with Gasteiger partial charge in [0.25, 0.3) is 5.91 Å². The summed E-state index contributed by atoms with van der Waals surface area (Å²) in [7, 11) is 1.70. The van der Waals surface area contributed by atoms with Crippen molar-refractivity contribution in [3.8, 4) is 5.75 Å². The van der Waals surface area contributed by atoms with E-state index in [0.717, 1.165) is 0 Å². The van der Waals surface area contributed by atoms with Gasteiger partial charge in [-0.1, -0.05) is 17.7 Å². The molecule has 8 heteroatoms. The first-order valence-corrected chi connectivity index (χ1v) is 8.24. The zero-order chi connectivity index (χ0) is 18.8. The van der Waals surface area contributed by atoms with E-state index in [1.807, 2.05) is 0 Å². The Morgan fingerprint density at radius 2 is 2.15 bits per heavy atom. The lowest BCUT2D eigenvalue weighted by atomic mass is 10.2. The maximum atomic E-state index is 13.6. The van der Waals surface area contributed by atoms with Gasteiger partial charge in [0.05, 0.1) is 22.9 Å². The van der Waals surface area contributed by atoms with E-state index in [2.05, 4.69) is 10.6 Å². The van der Waals surface area contributed by atoms with Crippen LogP contribution in [0.2, 0.25) is 5.02 Å². The lowest BCUT2D eigenvalue weighted by Gasteiger charge is -2.24. The Morgan fingerprint density at radius 1 is 1.38 bits per heavy atom. The van der Waals surface area contributed by atoms with Crippen molar-refractivity contribution in [1.82, 2.24) is 0 Å². The van der Waals surface area contributed by atoms with Crippen LogP contribution in [0.25, 0.3) is 0 Å². The van der Waals surface area contributed by atoms with Gasteiger partial charge in [0.1, 0.15) is 11.6 Å². The third kappa shape index (κ3) is 3.88. The number of nitrogens with zero attached hydrogens (tertiary/aromatic N) is 1. The highest BCUT2D eigenvalue weighted by atomic mass is 35.5. The number of carbonyl (C=O) groups is 2. The number of anilines is 3. The molecule has 0 bridgehead atoms. The lowest BCUT2D eigenvalue weighted by Crippen LogP contribution is -2.31. The number of amides is 2. The van der Waals surface area contributed by atoms with Crippen LogP contribution in [0.15, 0.2) is 30.3 Å². The molecule has 0 atom stereocenters. The van der Waals surface area contributed by atoms with Gasteiger partial charge in [0.15, 0.2) is 6.61 Å². The summed E-state index contributed by atoms with van der Waals surface area (Å²) in [6.07, 6.45) is 0. The fraction of sp³-hybridized carbons (Fsp3) is 0.222. The SMILES string of the molecule is Cc1ccc(NC(=O)CN(C)c2cc3c(cc2Cl)NC(=O)CO3)cc1F. The second kappa shape index (κ2) is 7.21. The van der Waals surface area contributed by atoms with E-state index in [4.69, 9.17) is 16.3 Å². The van der Waals surface area contributed by atoms with Crippen molar-refractivity contribution >= 4 is 40.5 Å². The largest absolute Gasteiger partial charge is 0.482 e. The van der Waals surface area contributed by atoms with Gasteiger partial charge in [-0.05, 0) is 30.7 Å². The van der Waals surface area contributed by atoms with Crippen LogP contribution in [0, 0.1) is 12.7 Å². The quantitative estimate of drug-likeness (QED) is 0.858. The third-order valence-corrected chi connectivity index (χ3v) is 4.23. The van der Waals surface area contributed by atoms with E-state index in [-0.39, 0.29) is 30.8 Å². The van der Waals surface area contributed by atoms with Gasteiger partial charge < -0.3 is 20.3 Å². The monoisotopic (exact) mass is 377 g/mol. The van der Waals surface area contributed by atoms with Crippen LogP contribution in [0.4, 0.5) is 21.5 Å². The highest BCUT2D eigenvalue weighted by molar-refractivity contribution is 6.33. The molecule has 6 nitrogen and oxygen atoms in total. The molecule has 2 N–H and O–H groups in total. The molecule has 1 heterocycles. The molecular formula is C18H17ClFN3O3. The van der Waals surface area contributed by atoms with E-state index >= 15 is 0 Å². The summed E-state index contributed by atoms with van der Waals surface area (Å²) in [5.41, 5.74) is 1.96. The van der Waals surface area contributed by atoms with Crippen LogP contribution in [-0.2, 0) is 9.59 Å². The molecule has 0 spiro atoms. The molecule has 0 unspecified atom stereocenters. The standard InChI is InChI=1S/C18H17ClFN3O3/c1-10-3-4-11(5-13(10)20)21-17(24)8-23(2)15-7-16-14(6-12(15)19)22-18(25)9-26-16/h3-7H,8-9H2,1-2H3,(H,21,24)(H,22,25). The topological polar surface area (TPSA) is 70.7 Å². The number of halogens is 2. The Hall–Kier alpha value is -2.80. The van der Waals surface area contributed by atoms with E-state index in [1.165, 1.54) is 6.07 Å². The number of hydrogen-bond donors (Lipinski definition) is 2. The molecule has 0 saturated carbocycles. The summed E-state index contributed by atoms with van der Waals surface area (Å²) < 4.78 is 18.9. The van der Waals surface area contributed by atoms with Crippen LogP contribution in [0.1, 0.15) is 5.56 Å². The van der Waals surface area contributed by atoms with Crippen molar-refractivity contribution < 1.29 is 18.7 Å². The number of rotatable bonds is 4. The zero-order valence-corrected chi connectivity index (χ0v) is 15.0. The molecule has 0 aliphatic carbocycles. The molecule has 1 aliphatic heterocycles. The molecule has 0 saturated heterocycles. The summed E-state index contributed by atoms with van der Waals surface area (Å²) in [6.45, 7) is 1.58. The second-order valence-corrected chi connectivity index (χ2v) is 6.41. The second-order valence-electron chi connectivity index (χ2n) is 6.00. The Kier molecular flexibility index (Phi) is 4.99. The minimum atomic E-state index is -0.381. The average molecular weight is 378 g/mol. The van der Waals surface area contributed by atoms with Crippen molar-refractivity contribution in [2.45, 2.75) is 6.92 Å². The first-order valence-electron chi connectivity index (χ1n) is 7.87. The fourth-order valence-corrected chi connectivity index (χ4v) is 2.86. The number of ether oxygens (including phenoxy) is 1. The molecule has 0 aromatic heterocycles. The molecule has 1 aliphatic rings. The van der Waals surface area contributed by atoms with Crippen LogP contribution in [0.5, 0.6) is 5.75 Å². The lowest BCUT2D eigenvalue weighted by molar-refractivity contribution is -0.118. The van der Waals surface area contributed by atoms with Crippen molar-refractivity contribution in [1.29, 1.82) is 0 Å². The van der Waals surface area contributed by atoms with E-state index < -0.39 is 0 Å². The molecule has 3 rings (SSSR count). The number of benzene rings is 2. The summed E-state index contributed by atoms with van der Waals surface area (Å²) in [5, 5.41) is 5.68. The van der Waals surface area contributed by atoms with Crippen LogP contribution in [0.3, 0.4) is 0 Å². The minimum Gasteiger partial charge on any atom is -0.482 e.